The lowest BCUT2D eigenvalue weighted by atomic mass is 10.1. The van der Waals surface area contributed by atoms with Crippen molar-refractivity contribution in [2.24, 2.45) is 0 Å². The number of anilines is 1. The number of rotatable bonds is 4. The Morgan fingerprint density at radius 2 is 1.52 bits per heavy atom. The summed E-state index contributed by atoms with van der Waals surface area (Å²) in [6.45, 7) is 6.65. The van der Waals surface area contributed by atoms with Gasteiger partial charge in [0.2, 0.25) is 5.91 Å². The monoisotopic (exact) mass is 301 g/mol. The van der Waals surface area contributed by atoms with Crippen molar-refractivity contribution >= 4 is 23.2 Å². The maximum atomic E-state index is 12.2. The van der Waals surface area contributed by atoms with E-state index >= 15 is 0 Å². The highest BCUT2D eigenvalue weighted by Gasteiger charge is 2.15. The lowest BCUT2D eigenvalue weighted by molar-refractivity contribution is -0.116. The Balaban J connectivity index is 2.34. The fourth-order valence-corrected chi connectivity index (χ4v) is 2.52. The van der Waals surface area contributed by atoms with Crippen LogP contribution in [0.15, 0.2) is 42.5 Å². The molecule has 0 heterocycles. The van der Waals surface area contributed by atoms with Gasteiger partial charge in [0.1, 0.15) is 5.88 Å². The van der Waals surface area contributed by atoms with E-state index in [2.05, 4.69) is 25.1 Å². The van der Waals surface area contributed by atoms with Gasteiger partial charge in [0.25, 0.3) is 0 Å². The highest BCUT2D eigenvalue weighted by Crippen LogP contribution is 2.21. The summed E-state index contributed by atoms with van der Waals surface area (Å²) in [7, 11) is 0. The Morgan fingerprint density at radius 3 is 2.05 bits per heavy atom. The van der Waals surface area contributed by atoms with E-state index in [9.17, 15) is 4.79 Å². The average Bonchev–Trinajstić information content (AvgIpc) is 2.44. The van der Waals surface area contributed by atoms with Crippen LogP contribution >= 0.6 is 11.6 Å². The first-order chi connectivity index (χ1) is 9.99. The summed E-state index contributed by atoms with van der Waals surface area (Å²) in [5, 5.41) is 0. The van der Waals surface area contributed by atoms with E-state index in [4.69, 9.17) is 11.6 Å². The van der Waals surface area contributed by atoms with Crippen molar-refractivity contribution in [3.63, 3.8) is 0 Å². The van der Waals surface area contributed by atoms with E-state index in [1.807, 2.05) is 38.1 Å². The van der Waals surface area contributed by atoms with Gasteiger partial charge < -0.3 is 4.90 Å². The number of aryl methyl sites for hydroxylation is 3. The molecule has 110 valence electrons. The van der Waals surface area contributed by atoms with Crippen molar-refractivity contribution in [1.29, 1.82) is 0 Å². The van der Waals surface area contributed by atoms with Crippen LogP contribution in [0.2, 0.25) is 0 Å². The SMILES string of the molecule is Cc1ccc(CN(C(=O)CCl)c2cc(C)cc(C)c2)cc1. The maximum absolute atomic E-state index is 12.2. The number of alkyl halides is 1. The molecule has 0 saturated heterocycles. The molecule has 0 fully saturated rings. The largest absolute Gasteiger partial charge is 0.307 e. The Morgan fingerprint density at radius 1 is 0.952 bits per heavy atom. The number of nitrogens with zero attached hydrogens (tertiary/aromatic N) is 1. The molecule has 0 unspecified atom stereocenters. The van der Waals surface area contributed by atoms with E-state index in [1.165, 1.54) is 5.56 Å². The molecule has 0 radical (unpaired) electrons. The van der Waals surface area contributed by atoms with Crippen LogP contribution in [0.3, 0.4) is 0 Å². The number of hydrogen-bond acceptors (Lipinski definition) is 1. The second-order valence-electron chi connectivity index (χ2n) is 5.45. The van der Waals surface area contributed by atoms with E-state index in [0.717, 1.165) is 22.4 Å². The molecule has 1 amide bonds. The molecule has 0 N–H and O–H groups in total. The van der Waals surface area contributed by atoms with E-state index in [1.54, 1.807) is 4.90 Å². The zero-order chi connectivity index (χ0) is 15.4. The lowest BCUT2D eigenvalue weighted by Gasteiger charge is -2.23. The Hall–Kier alpha value is -1.80. The first-order valence-electron chi connectivity index (χ1n) is 7.00. The van der Waals surface area contributed by atoms with Gasteiger partial charge in [0.15, 0.2) is 0 Å². The van der Waals surface area contributed by atoms with Gasteiger partial charge in [-0.1, -0.05) is 35.9 Å². The molecule has 0 aliphatic carbocycles. The van der Waals surface area contributed by atoms with Crippen molar-refractivity contribution < 1.29 is 4.79 Å². The Labute approximate surface area is 131 Å². The van der Waals surface area contributed by atoms with E-state index < -0.39 is 0 Å². The van der Waals surface area contributed by atoms with Crippen LogP contribution in [0.4, 0.5) is 5.69 Å². The average molecular weight is 302 g/mol. The molecule has 2 rings (SSSR count). The number of halogens is 1. The van der Waals surface area contributed by atoms with Gasteiger partial charge >= 0.3 is 0 Å². The van der Waals surface area contributed by atoms with Gasteiger partial charge in [-0.2, -0.15) is 0 Å². The molecule has 2 aromatic carbocycles. The minimum Gasteiger partial charge on any atom is -0.307 e. The molecule has 0 aliphatic heterocycles. The van der Waals surface area contributed by atoms with Crippen LogP contribution in [-0.2, 0) is 11.3 Å². The van der Waals surface area contributed by atoms with Crippen molar-refractivity contribution in [2.45, 2.75) is 27.3 Å². The van der Waals surface area contributed by atoms with E-state index in [0.29, 0.717) is 6.54 Å². The summed E-state index contributed by atoms with van der Waals surface area (Å²) >= 11 is 5.78. The van der Waals surface area contributed by atoms with Crippen molar-refractivity contribution in [3.8, 4) is 0 Å². The minimum atomic E-state index is -0.0813. The number of benzene rings is 2. The molecule has 2 aromatic rings. The summed E-state index contributed by atoms with van der Waals surface area (Å²) in [5.74, 6) is -0.0963. The van der Waals surface area contributed by atoms with Gasteiger partial charge in [0.05, 0.1) is 6.54 Å². The topological polar surface area (TPSA) is 20.3 Å². The second-order valence-corrected chi connectivity index (χ2v) is 5.71. The van der Waals surface area contributed by atoms with E-state index in [-0.39, 0.29) is 11.8 Å². The summed E-state index contributed by atoms with van der Waals surface area (Å²) in [5.41, 5.74) is 5.49. The van der Waals surface area contributed by atoms with Crippen molar-refractivity contribution in [2.75, 3.05) is 10.8 Å². The van der Waals surface area contributed by atoms with Gasteiger partial charge in [0, 0.05) is 5.69 Å². The normalized spacial score (nSPS) is 10.5. The van der Waals surface area contributed by atoms with Crippen LogP contribution in [0.1, 0.15) is 22.3 Å². The molecule has 0 aromatic heterocycles. The second kappa shape index (κ2) is 6.77. The molecular weight excluding hydrogens is 282 g/mol. The predicted octanol–water partition coefficient (Wildman–Crippen LogP) is 4.38. The van der Waals surface area contributed by atoms with Crippen LogP contribution < -0.4 is 4.90 Å². The third-order valence-corrected chi connectivity index (χ3v) is 3.62. The minimum absolute atomic E-state index is 0.0150. The number of amides is 1. The molecular formula is C18H20ClNO. The van der Waals surface area contributed by atoms with Crippen LogP contribution in [0, 0.1) is 20.8 Å². The van der Waals surface area contributed by atoms with Gasteiger partial charge in [-0.15, -0.1) is 11.6 Å². The summed E-state index contributed by atoms with van der Waals surface area (Å²) in [4.78, 5) is 13.9. The standard InChI is InChI=1S/C18H20ClNO/c1-13-4-6-16(7-5-13)12-20(18(21)11-19)17-9-14(2)8-15(3)10-17/h4-10H,11-12H2,1-3H3. The summed E-state index contributed by atoms with van der Waals surface area (Å²) in [6, 6.07) is 14.3. The first-order valence-corrected chi connectivity index (χ1v) is 7.53. The lowest BCUT2D eigenvalue weighted by Crippen LogP contribution is -2.31. The van der Waals surface area contributed by atoms with Gasteiger partial charge in [-0.25, -0.2) is 0 Å². The Bertz CT molecular complexity index is 614. The summed E-state index contributed by atoms with van der Waals surface area (Å²) < 4.78 is 0. The fourth-order valence-electron chi connectivity index (χ4n) is 2.38. The molecule has 0 bridgehead atoms. The highest BCUT2D eigenvalue weighted by atomic mass is 35.5. The van der Waals surface area contributed by atoms with Crippen molar-refractivity contribution in [1.82, 2.24) is 0 Å². The first kappa shape index (κ1) is 15.6. The summed E-state index contributed by atoms with van der Waals surface area (Å²) in [6.07, 6.45) is 0. The number of carbonyl (C=O) groups is 1. The zero-order valence-electron chi connectivity index (χ0n) is 12.7. The molecule has 0 saturated carbocycles. The molecule has 0 spiro atoms. The van der Waals surface area contributed by atoms with Crippen LogP contribution in [-0.4, -0.2) is 11.8 Å². The smallest absolute Gasteiger partial charge is 0.242 e. The zero-order valence-corrected chi connectivity index (χ0v) is 13.4. The fraction of sp³-hybridized carbons (Fsp3) is 0.278. The van der Waals surface area contributed by atoms with Crippen LogP contribution in [0.25, 0.3) is 0 Å². The van der Waals surface area contributed by atoms with Crippen molar-refractivity contribution in [3.05, 3.63) is 64.7 Å². The Kier molecular flexibility index (Phi) is 5.03. The molecule has 0 aliphatic rings. The number of carbonyl (C=O) groups excluding carboxylic acids is 1. The quantitative estimate of drug-likeness (QED) is 0.767. The van der Waals surface area contributed by atoms with Gasteiger partial charge in [-0.05, 0) is 49.6 Å². The third-order valence-electron chi connectivity index (χ3n) is 3.39. The third kappa shape index (κ3) is 4.08. The van der Waals surface area contributed by atoms with Crippen LogP contribution in [0.5, 0.6) is 0 Å². The number of hydrogen-bond donors (Lipinski definition) is 0. The maximum Gasteiger partial charge on any atom is 0.242 e. The molecule has 3 heteroatoms. The molecule has 21 heavy (non-hydrogen) atoms. The molecule has 2 nitrogen and oxygen atoms in total. The predicted molar refractivity (Wildman–Crippen MR) is 89.0 cm³/mol. The van der Waals surface area contributed by atoms with Gasteiger partial charge in [-0.3, -0.25) is 4.79 Å². The molecule has 0 atom stereocenters. The highest BCUT2D eigenvalue weighted by molar-refractivity contribution is 6.29.